The molecule has 0 aromatic heterocycles. The molecule has 104 valence electrons. The van der Waals surface area contributed by atoms with Crippen LogP contribution in [0.15, 0.2) is 30.3 Å². The van der Waals surface area contributed by atoms with Gasteiger partial charge in [-0.15, -0.1) is 0 Å². The fraction of sp³-hybridized carbons (Fsp3) is 0.562. The van der Waals surface area contributed by atoms with E-state index in [9.17, 15) is 0 Å². The van der Waals surface area contributed by atoms with Crippen LogP contribution >= 0.6 is 12.2 Å². The average molecular weight is 276 g/mol. The number of benzene rings is 1. The predicted octanol–water partition coefficient (Wildman–Crippen LogP) is 3.93. The minimum absolute atomic E-state index is 0.310. The lowest BCUT2D eigenvalue weighted by Gasteiger charge is -2.26. The average Bonchev–Trinajstić information content (AvgIpc) is 2.47. The van der Waals surface area contributed by atoms with Crippen molar-refractivity contribution in [2.75, 3.05) is 0 Å². The zero-order chi connectivity index (χ0) is 13.5. The molecular formula is C16H24N2S. The second kappa shape index (κ2) is 7.49. The van der Waals surface area contributed by atoms with Crippen molar-refractivity contribution in [1.82, 2.24) is 10.6 Å². The van der Waals surface area contributed by atoms with Crippen molar-refractivity contribution in [2.24, 2.45) is 0 Å². The van der Waals surface area contributed by atoms with Crippen LogP contribution in [0, 0.1) is 0 Å². The molecule has 0 heterocycles. The molecule has 19 heavy (non-hydrogen) atoms. The van der Waals surface area contributed by atoms with Gasteiger partial charge in [-0.3, -0.25) is 0 Å². The van der Waals surface area contributed by atoms with Gasteiger partial charge in [-0.1, -0.05) is 56.5 Å². The van der Waals surface area contributed by atoms with E-state index in [2.05, 4.69) is 47.9 Å². The Labute approximate surface area is 122 Å². The first-order chi connectivity index (χ1) is 9.29. The molecule has 1 atom stereocenters. The summed E-state index contributed by atoms with van der Waals surface area (Å²) in [6.45, 7) is 2.19. The van der Waals surface area contributed by atoms with Crippen molar-refractivity contribution >= 4 is 17.3 Å². The SMILES string of the molecule is CC[C@H](NC(=S)NC1CCCCC1)c1ccccc1. The summed E-state index contributed by atoms with van der Waals surface area (Å²) in [7, 11) is 0. The van der Waals surface area contributed by atoms with Crippen molar-refractivity contribution in [3.8, 4) is 0 Å². The Morgan fingerprint density at radius 2 is 1.89 bits per heavy atom. The zero-order valence-corrected chi connectivity index (χ0v) is 12.5. The van der Waals surface area contributed by atoms with Crippen LogP contribution in [0.4, 0.5) is 0 Å². The number of hydrogen-bond acceptors (Lipinski definition) is 1. The van der Waals surface area contributed by atoms with Crippen LogP contribution in [0.5, 0.6) is 0 Å². The van der Waals surface area contributed by atoms with Crippen molar-refractivity contribution in [3.05, 3.63) is 35.9 Å². The first-order valence-corrected chi connectivity index (χ1v) is 7.82. The summed E-state index contributed by atoms with van der Waals surface area (Å²) in [4.78, 5) is 0. The Balaban J connectivity index is 1.85. The highest BCUT2D eigenvalue weighted by Crippen LogP contribution is 2.18. The van der Waals surface area contributed by atoms with Gasteiger partial charge < -0.3 is 10.6 Å². The highest BCUT2D eigenvalue weighted by molar-refractivity contribution is 7.80. The molecule has 0 saturated heterocycles. The summed E-state index contributed by atoms with van der Waals surface area (Å²) in [6, 6.07) is 11.4. The Bertz CT molecular complexity index is 385. The van der Waals surface area contributed by atoms with Crippen LogP contribution in [0.2, 0.25) is 0 Å². The second-order valence-electron chi connectivity index (χ2n) is 5.32. The van der Waals surface area contributed by atoms with Crippen molar-refractivity contribution < 1.29 is 0 Å². The van der Waals surface area contributed by atoms with E-state index in [1.807, 2.05) is 0 Å². The van der Waals surface area contributed by atoms with E-state index in [0.29, 0.717) is 12.1 Å². The first-order valence-electron chi connectivity index (χ1n) is 7.41. The van der Waals surface area contributed by atoms with E-state index in [0.717, 1.165) is 11.5 Å². The Morgan fingerprint density at radius 3 is 2.53 bits per heavy atom. The van der Waals surface area contributed by atoms with Crippen molar-refractivity contribution in [1.29, 1.82) is 0 Å². The van der Waals surface area contributed by atoms with Gasteiger partial charge in [-0.25, -0.2) is 0 Å². The maximum atomic E-state index is 5.46. The number of thiocarbonyl (C=S) groups is 1. The van der Waals surface area contributed by atoms with Gasteiger partial charge in [0.2, 0.25) is 0 Å². The lowest BCUT2D eigenvalue weighted by atomic mass is 9.96. The monoisotopic (exact) mass is 276 g/mol. The fourth-order valence-electron chi connectivity index (χ4n) is 2.74. The van der Waals surface area contributed by atoms with E-state index in [1.165, 1.54) is 37.7 Å². The maximum absolute atomic E-state index is 5.46. The molecular weight excluding hydrogens is 252 g/mol. The van der Waals surface area contributed by atoms with Gasteiger partial charge in [0.05, 0.1) is 6.04 Å². The van der Waals surface area contributed by atoms with Gasteiger partial charge in [-0.05, 0) is 37.0 Å². The van der Waals surface area contributed by atoms with E-state index in [1.54, 1.807) is 0 Å². The molecule has 0 radical (unpaired) electrons. The molecule has 3 heteroatoms. The minimum atomic E-state index is 0.310. The molecule has 2 nitrogen and oxygen atoms in total. The summed E-state index contributed by atoms with van der Waals surface area (Å²) in [5.41, 5.74) is 1.30. The van der Waals surface area contributed by atoms with Crippen LogP contribution in [-0.4, -0.2) is 11.2 Å². The number of nitrogens with one attached hydrogen (secondary N) is 2. The van der Waals surface area contributed by atoms with Gasteiger partial charge in [0, 0.05) is 6.04 Å². The molecule has 2 rings (SSSR count). The molecule has 1 saturated carbocycles. The molecule has 0 aliphatic heterocycles. The topological polar surface area (TPSA) is 24.1 Å². The fourth-order valence-corrected chi connectivity index (χ4v) is 3.05. The van der Waals surface area contributed by atoms with Crippen molar-refractivity contribution in [3.63, 3.8) is 0 Å². The van der Waals surface area contributed by atoms with E-state index >= 15 is 0 Å². The molecule has 1 aliphatic carbocycles. The molecule has 1 aliphatic rings. The van der Waals surface area contributed by atoms with Gasteiger partial charge in [-0.2, -0.15) is 0 Å². The normalized spacial score (nSPS) is 17.7. The molecule has 1 fully saturated rings. The van der Waals surface area contributed by atoms with Crippen LogP contribution in [0.25, 0.3) is 0 Å². The van der Waals surface area contributed by atoms with Crippen LogP contribution in [0.1, 0.15) is 57.1 Å². The molecule has 0 spiro atoms. The molecule has 0 bridgehead atoms. The summed E-state index contributed by atoms with van der Waals surface area (Å²) < 4.78 is 0. The summed E-state index contributed by atoms with van der Waals surface area (Å²) in [6.07, 6.45) is 7.58. The summed E-state index contributed by atoms with van der Waals surface area (Å²) in [5, 5.41) is 7.73. The van der Waals surface area contributed by atoms with E-state index in [-0.39, 0.29) is 0 Å². The predicted molar refractivity (Wildman–Crippen MR) is 85.2 cm³/mol. The van der Waals surface area contributed by atoms with Gasteiger partial charge in [0.1, 0.15) is 0 Å². The smallest absolute Gasteiger partial charge is 0.166 e. The van der Waals surface area contributed by atoms with E-state index < -0.39 is 0 Å². The maximum Gasteiger partial charge on any atom is 0.166 e. The summed E-state index contributed by atoms with van der Waals surface area (Å²) in [5.74, 6) is 0. The highest BCUT2D eigenvalue weighted by atomic mass is 32.1. The third kappa shape index (κ3) is 4.50. The van der Waals surface area contributed by atoms with Crippen LogP contribution in [-0.2, 0) is 0 Å². The quantitative estimate of drug-likeness (QED) is 0.815. The standard InChI is InChI=1S/C16H24N2S/c1-2-15(13-9-5-3-6-10-13)18-16(19)17-14-11-7-4-8-12-14/h3,5-6,9-10,14-15H,2,4,7-8,11-12H2,1H3,(H2,17,18,19)/t15-/m0/s1. The van der Waals surface area contributed by atoms with Crippen LogP contribution < -0.4 is 10.6 Å². The molecule has 1 aromatic rings. The molecule has 2 N–H and O–H groups in total. The first kappa shape index (κ1) is 14.3. The number of rotatable bonds is 4. The Morgan fingerprint density at radius 1 is 1.21 bits per heavy atom. The lowest BCUT2D eigenvalue weighted by Crippen LogP contribution is -2.43. The largest absolute Gasteiger partial charge is 0.360 e. The highest BCUT2D eigenvalue weighted by Gasteiger charge is 2.16. The van der Waals surface area contributed by atoms with Crippen molar-refractivity contribution in [2.45, 2.75) is 57.5 Å². The Kier molecular flexibility index (Phi) is 5.64. The van der Waals surface area contributed by atoms with Crippen LogP contribution in [0.3, 0.4) is 0 Å². The third-order valence-corrected chi connectivity index (χ3v) is 4.09. The summed E-state index contributed by atoms with van der Waals surface area (Å²) >= 11 is 5.46. The zero-order valence-electron chi connectivity index (χ0n) is 11.7. The molecule has 1 aromatic carbocycles. The third-order valence-electron chi connectivity index (χ3n) is 3.86. The van der Waals surface area contributed by atoms with E-state index in [4.69, 9.17) is 12.2 Å². The molecule has 0 unspecified atom stereocenters. The number of hydrogen-bond donors (Lipinski definition) is 2. The second-order valence-corrected chi connectivity index (χ2v) is 5.73. The van der Waals surface area contributed by atoms with Gasteiger partial charge in [0.25, 0.3) is 0 Å². The van der Waals surface area contributed by atoms with Gasteiger partial charge >= 0.3 is 0 Å². The minimum Gasteiger partial charge on any atom is -0.360 e. The molecule has 0 amide bonds. The lowest BCUT2D eigenvalue weighted by molar-refractivity contribution is 0.410. The van der Waals surface area contributed by atoms with Gasteiger partial charge in [0.15, 0.2) is 5.11 Å². The Hall–Kier alpha value is -1.09.